The number of halogens is 1. The van der Waals surface area contributed by atoms with E-state index < -0.39 is 0 Å². The smallest absolute Gasteiger partial charge is 0.201 e. The normalized spacial score (nSPS) is 13.1. The van der Waals surface area contributed by atoms with E-state index in [1.165, 1.54) is 0 Å². The van der Waals surface area contributed by atoms with Crippen LogP contribution in [0.25, 0.3) is 11.0 Å². The molecule has 0 radical (unpaired) electrons. The van der Waals surface area contributed by atoms with Gasteiger partial charge in [0.25, 0.3) is 0 Å². The zero-order valence-corrected chi connectivity index (χ0v) is 10.7. The summed E-state index contributed by atoms with van der Waals surface area (Å²) in [4.78, 5) is 4.30. The lowest BCUT2D eigenvalue weighted by Crippen LogP contribution is -2.14. The van der Waals surface area contributed by atoms with Crippen molar-refractivity contribution in [3.8, 4) is 0 Å². The van der Waals surface area contributed by atoms with Crippen molar-refractivity contribution in [3.63, 3.8) is 0 Å². The predicted octanol–water partition coefficient (Wildman–Crippen LogP) is 2.55. The zero-order valence-electron chi connectivity index (χ0n) is 9.98. The summed E-state index contributed by atoms with van der Waals surface area (Å²) in [5.74, 6) is 0.854. The first-order valence-corrected chi connectivity index (χ1v) is 5.90. The molecule has 0 aliphatic rings. The molecule has 0 saturated carbocycles. The lowest BCUT2D eigenvalue weighted by Gasteiger charge is -2.13. The Morgan fingerprint density at radius 2 is 2.29 bits per heavy atom. The molecule has 2 rings (SSSR count). The van der Waals surface area contributed by atoms with Gasteiger partial charge in [0.15, 0.2) is 0 Å². The van der Waals surface area contributed by atoms with Crippen molar-refractivity contribution in [3.05, 3.63) is 23.2 Å². The summed E-state index contributed by atoms with van der Waals surface area (Å²) >= 11 is 6.19. The second-order valence-electron chi connectivity index (χ2n) is 4.25. The van der Waals surface area contributed by atoms with E-state index in [0.29, 0.717) is 23.5 Å². The van der Waals surface area contributed by atoms with E-state index in [0.717, 1.165) is 17.6 Å². The van der Waals surface area contributed by atoms with Crippen LogP contribution in [0.5, 0.6) is 0 Å². The van der Waals surface area contributed by atoms with Crippen LogP contribution < -0.4 is 5.73 Å². The molecular formula is C12H16ClN3O. The topological polar surface area (TPSA) is 53.1 Å². The molecule has 0 amide bonds. The Kier molecular flexibility index (Phi) is 3.54. The average Bonchev–Trinajstić information content (AvgIpc) is 2.57. The van der Waals surface area contributed by atoms with Crippen LogP contribution in [0.4, 0.5) is 5.95 Å². The van der Waals surface area contributed by atoms with Gasteiger partial charge in [0.2, 0.25) is 5.95 Å². The van der Waals surface area contributed by atoms with Gasteiger partial charge in [-0.1, -0.05) is 24.6 Å². The Bertz CT molecular complexity index is 524. The Labute approximate surface area is 105 Å². The Hall–Kier alpha value is -1.26. The first-order chi connectivity index (χ1) is 8.13. The summed E-state index contributed by atoms with van der Waals surface area (Å²) in [7, 11) is 1.69. The fourth-order valence-corrected chi connectivity index (χ4v) is 2.26. The molecule has 0 fully saturated rings. The predicted molar refractivity (Wildman–Crippen MR) is 70.2 cm³/mol. The maximum absolute atomic E-state index is 6.19. The largest absolute Gasteiger partial charge is 0.384 e. The number of hydrogen-bond donors (Lipinski definition) is 1. The highest BCUT2D eigenvalue weighted by atomic mass is 35.5. The van der Waals surface area contributed by atoms with Crippen LogP contribution in [-0.2, 0) is 11.3 Å². The Morgan fingerprint density at radius 1 is 1.53 bits per heavy atom. The van der Waals surface area contributed by atoms with Crippen molar-refractivity contribution in [1.82, 2.24) is 9.55 Å². The number of rotatable bonds is 4. The summed E-state index contributed by atoms with van der Waals surface area (Å²) in [6.45, 7) is 3.54. The lowest BCUT2D eigenvalue weighted by atomic mass is 10.2. The molecule has 0 aliphatic carbocycles. The van der Waals surface area contributed by atoms with Crippen molar-refractivity contribution in [1.29, 1.82) is 0 Å². The molecule has 0 bridgehead atoms. The van der Waals surface area contributed by atoms with Gasteiger partial charge in [0, 0.05) is 13.7 Å². The highest BCUT2D eigenvalue weighted by Gasteiger charge is 2.13. The third kappa shape index (κ3) is 2.37. The molecule has 17 heavy (non-hydrogen) atoms. The van der Waals surface area contributed by atoms with Crippen LogP contribution in [0, 0.1) is 5.92 Å². The Morgan fingerprint density at radius 3 is 3.00 bits per heavy atom. The van der Waals surface area contributed by atoms with E-state index in [4.69, 9.17) is 22.1 Å². The average molecular weight is 254 g/mol. The van der Waals surface area contributed by atoms with Gasteiger partial charge in [0.05, 0.1) is 22.7 Å². The van der Waals surface area contributed by atoms with Crippen molar-refractivity contribution < 1.29 is 4.74 Å². The number of ether oxygens (including phenoxy) is 1. The van der Waals surface area contributed by atoms with Gasteiger partial charge < -0.3 is 15.0 Å². The number of imidazole rings is 1. The number of nitrogens with zero attached hydrogens (tertiary/aromatic N) is 2. The monoisotopic (exact) mass is 253 g/mol. The summed E-state index contributed by atoms with van der Waals surface area (Å²) in [5.41, 5.74) is 7.65. The fourth-order valence-electron chi connectivity index (χ4n) is 1.99. The van der Waals surface area contributed by atoms with E-state index in [-0.39, 0.29) is 0 Å². The number of fused-ring (bicyclic) bond motifs is 1. The fraction of sp³-hybridized carbons (Fsp3) is 0.417. The number of anilines is 1. The quantitative estimate of drug-likeness (QED) is 0.911. The molecule has 1 heterocycles. The molecule has 0 saturated heterocycles. The van der Waals surface area contributed by atoms with Gasteiger partial charge in [-0.05, 0) is 18.1 Å². The van der Waals surface area contributed by atoms with Crippen LogP contribution in [0.15, 0.2) is 18.2 Å². The van der Waals surface area contributed by atoms with Gasteiger partial charge in [-0.3, -0.25) is 0 Å². The molecule has 4 nitrogen and oxygen atoms in total. The molecule has 1 atom stereocenters. The molecule has 1 aromatic carbocycles. The second kappa shape index (κ2) is 4.94. The van der Waals surface area contributed by atoms with Gasteiger partial charge in [0.1, 0.15) is 0 Å². The van der Waals surface area contributed by atoms with Crippen molar-refractivity contribution in [2.24, 2.45) is 5.92 Å². The number of hydrogen-bond acceptors (Lipinski definition) is 3. The molecule has 0 spiro atoms. The number of nitrogen functional groups attached to an aromatic ring is 1. The third-order valence-corrected chi connectivity index (χ3v) is 3.00. The minimum absolute atomic E-state index is 0.357. The van der Waals surface area contributed by atoms with Crippen molar-refractivity contribution >= 4 is 28.6 Å². The first-order valence-electron chi connectivity index (χ1n) is 5.52. The number of methoxy groups -OCH3 is 1. The number of nitrogens with two attached hydrogens (primary N) is 1. The lowest BCUT2D eigenvalue weighted by molar-refractivity contribution is 0.152. The van der Waals surface area contributed by atoms with Crippen LogP contribution in [0.2, 0.25) is 5.02 Å². The van der Waals surface area contributed by atoms with E-state index in [9.17, 15) is 0 Å². The first kappa shape index (κ1) is 12.2. The number of aromatic nitrogens is 2. The maximum Gasteiger partial charge on any atom is 0.201 e. The highest BCUT2D eigenvalue weighted by Crippen LogP contribution is 2.26. The summed E-state index contributed by atoms with van der Waals surface area (Å²) in [6, 6.07) is 5.64. The van der Waals surface area contributed by atoms with Gasteiger partial charge in [-0.2, -0.15) is 0 Å². The molecular weight excluding hydrogens is 238 g/mol. The minimum atomic E-state index is 0.357. The molecule has 2 N–H and O–H groups in total. The third-order valence-electron chi connectivity index (χ3n) is 2.69. The Balaban J connectivity index is 2.42. The summed E-state index contributed by atoms with van der Waals surface area (Å²) in [5, 5.41) is 0.677. The van der Waals surface area contributed by atoms with Crippen LogP contribution in [0.3, 0.4) is 0 Å². The molecule has 92 valence electrons. The van der Waals surface area contributed by atoms with E-state index in [2.05, 4.69) is 11.9 Å². The molecule has 1 unspecified atom stereocenters. The molecule has 5 heteroatoms. The highest BCUT2D eigenvalue weighted by molar-refractivity contribution is 6.35. The minimum Gasteiger partial charge on any atom is -0.384 e. The van der Waals surface area contributed by atoms with Crippen LogP contribution in [0.1, 0.15) is 6.92 Å². The number of para-hydroxylation sites is 1. The zero-order chi connectivity index (χ0) is 12.4. The second-order valence-corrected chi connectivity index (χ2v) is 4.66. The van der Waals surface area contributed by atoms with E-state index >= 15 is 0 Å². The number of benzene rings is 1. The van der Waals surface area contributed by atoms with Gasteiger partial charge in [-0.25, -0.2) is 4.98 Å². The van der Waals surface area contributed by atoms with Gasteiger partial charge >= 0.3 is 0 Å². The summed E-state index contributed by atoms with van der Waals surface area (Å²) < 4.78 is 7.07. The van der Waals surface area contributed by atoms with E-state index in [1.807, 2.05) is 22.8 Å². The van der Waals surface area contributed by atoms with Crippen LogP contribution >= 0.6 is 11.6 Å². The maximum atomic E-state index is 6.19. The standard InChI is InChI=1S/C12H16ClN3O/c1-8(7-17-2)6-16-11-9(13)4-3-5-10(11)15-12(16)14/h3-5,8H,6-7H2,1-2H3,(H2,14,15). The van der Waals surface area contributed by atoms with E-state index in [1.54, 1.807) is 7.11 Å². The van der Waals surface area contributed by atoms with Crippen molar-refractivity contribution in [2.45, 2.75) is 13.5 Å². The van der Waals surface area contributed by atoms with Gasteiger partial charge in [-0.15, -0.1) is 0 Å². The summed E-state index contributed by atoms with van der Waals surface area (Å²) in [6.07, 6.45) is 0. The molecule has 2 aromatic rings. The van der Waals surface area contributed by atoms with Crippen molar-refractivity contribution in [2.75, 3.05) is 19.5 Å². The van der Waals surface area contributed by atoms with Crippen LogP contribution in [-0.4, -0.2) is 23.3 Å². The molecule has 0 aliphatic heterocycles. The SMILES string of the molecule is COCC(C)Cn1c(N)nc2cccc(Cl)c21. The molecule has 1 aromatic heterocycles.